The molecule has 0 saturated carbocycles. The van der Waals surface area contributed by atoms with Crippen molar-refractivity contribution in [1.29, 1.82) is 0 Å². The molecular formula is C22H18F2N4O. The monoisotopic (exact) mass is 392 g/mol. The lowest BCUT2D eigenvalue weighted by molar-refractivity contribution is -0.123. The summed E-state index contributed by atoms with van der Waals surface area (Å²) in [4.78, 5) is 17.6. The summed E-state index contributed by atoms with van der Waals surface area (Å²) in [6.07, 6.45) is 2.34. The molecule has 7 heteroatoms. The van der Waals surface area contributed by atoms with E-state index in [1.165, 1.54) is 12.1 Å². The molecule has 0 spiro atoms. The highest BCUT2D eigenvalue weighted by Gasteiger charge is 2.43. The maximum Gasteiger partial charge on any atom is 0.226 e. The highest BCUT2D eigenvalue weighted by atomic mass is 19.1. The zero-order valence-corrected chi connectivity index (χ0v) is 15.6. The van der Waals surface area contributed by atoms with Gasteiger partial charge in [-0.25, -0.2) is 13.5 Å². The lowest BCUT2D eigenvalue weighted by atomic mass is 9.75. The van der Waals surface area contributed by atoms with Crippen molar-refractivity contribution in [3.8, 4) is 0 Å². The van der Waals surface area contributed by atoms with Crippen LogP contribution in [0.5, 0.6) is 0 Å². The topological polar surface area (TPSA) is 59.8 Å². The molecule has 29 heavy (non-hydrogen) atoms. The van der Waals surface area contributed by atoms with Gasteiger partial charge in [0.15, 0.2) is 0 Å². The SMILES string of the molecule is Cc1nc2n(n1)[C@@H](c1cc(F)cc(F)c1)[C@H]1C(=O)C[C@@H](c3ccccc3)C=C1N2. The largest absolute Gasteiger partial charge is 0.328 e. The average molecular weight is 392 g/mol. The number of carbonyl (C=O) groups excluding carboxylic acids is 1. The molecule has 0 amide bonds. The lowest BCUT2D eigenvalue weighted by Crippen LogP contribution is -2.40. The first-order valence-corrected chi connectivity index (χ1v) is 9.45. The number of rotatable bonds is 2. The molecule has 3 atom stereocenters. The van der Waals surface area contributed by atoms with Crippen LogP contribution < -0.4 is 5.32 Å². The molecule has 2 aromatic carbocycles. The predicted octanol–water partition coefficient (Wildman–Crippen LogP) is 4.14. The van der Waals surface area contributed by atoms with Crippen molar-refractivity contribution in [2.45, 2.75) is 25.3 Å². The second-order valence-corrected chi connectivity index (χ2v) is 7.49. The Balaban J connectivity index is 1.66. The number of anilines is 1. The van der Waals surface area contributed by atoms with Crippen LogP contribution in [0.2, 0.25) is 0 Å². The number of Topliss-reactive ketones (excluding diaryl/α,β-unsaturated/α-hetero) is 1. The highest BCUT2D eigenvalue weighted by Crippen LogP contribution is 2.44. The Bertz CT molecular complexity index is 1120. The minimum atomic E-state index is -0.687. The lowest BCUT2D eigenvalue weighted by Gasteiger charge is -2.38. The summed E-state index contributed by atoms with van der Waals surface area (Å²) in [5, 5.41) is 7.61. The maximum absolute atomic E-state index is 14.0. The van der Waals surface area contributed by atoms with Crippen LogP contribution >= 0.6 is 0 Å². The maximum atomic E-state index is 14.0. The predicted molar refractivity (Wildman–Crippen MR) is 103 cm³/mol. The molecule has 2 heterocycles. The van der Waals surface area contributed by atoms with Crippen LogP contribution in [0.3, 0.4) is 0 Å². The molecule has 1 aromatic heterocycles. The Morgan fingerprint density at radius 1 is 1.07 bits per heavy atom. The summed E-state index contributed by atoms with van der Waals surface area (Å²) in [6.45, 7) is 1.74. The van der Waals surface area contributed by atoms with E-state index < -0.39 is 23.6 Å². The van der Waals surface area contributed by atoms with E-state index in [-0.39, 0.29) is 11.7 Å². The summed E-state index contributed by atoms with van der Waals surface area (Å²) in [6, 6.07) is 12.5. The van der Waals surface area contributed by atoms with Gasteiger partial charge in [-0.15, -0.1) is 0 Å². The number of allylic oxidation sites excluding steroid dienone is 2. The molecule has 0 bridgehead atoms. The highest BCUT2D eigenvalue weighted by molar-refractivity contribution is 5.88. The molecule has 5 nitrogen and oxygen atoms in total. The number of aryl methyl sites for hydroxylation is 1. The molecular weight excluding hydrogens is 374 g/mol. The van der Waals surface area contributed by atoms with Crippen molar-refractivity contribution >= 4 is 11.7 Å². The van der Waals surface area contributed by atoms with Gasteiger partial charge in [0.2, 0.25) is 5.95 Å². The van der Waals surface area contributed by atoms with Gasteiger partial charge in [0.1, 0.15) is 23.2 Å². The van der Waals surface area contributed by atoms with Gasteiger partial charge in [0.05, 0.1) is 12.0 Å². The fourth-order valence-electron chi connectivity index (χ4n) is 4.34. The third kappa shape index (κ3) is 3.03. The number of carbonyl (C=O) groups is 1. The number of hydrogen-bond donors (Lipinski definition) is 1. The third-order valence-corrected chi connectivity index (χ3v) is 5.51. The van der Waals surface area contributed by atoms with E-state index >= 15 is 0 Å². The van der Waals surface area contributed by atoms with Gasteiger partial charge in [-0.3, -0.25) is 4.79 Å². The van der Waals surface area contributed by atoms with Gasteiger partial charge in [0.25, 0.3) is 0 Å². The number of nitrogens with zero attached hydrogens (tertiary/aromatic N) is 3. The van der Waals surface area contributed by atoms with Gasteiger partial charge in [-0.05, 0) is 30.2 Å². The summed E-state index contributed by atoms with van der Waals surface area (Å²) in [5.74, 6) is -1.08. The Kier molecular flexibility index (Phi) is 4.04. The number of aromatic nitrogens is 3. The van der Waals surface area contributed by atoms with Crippen LogP contribution in [0.15, 0.2) is 60.3 Å². The second-order valence-electron chi connectivity index (χ2n) is 7.49. The fraction of sp³-hybridized carbons (Fsp3) is 0.227. The van der Waals surface area contributed by atoms with Crippen LogP contribution in [0.4, 0.5) is 14.7 Å². The smallest absolute Gasteiger partial charge is 0.226 e. The Labute approximate surface area is 166 Å². The van der Waals surface area contributed by atoms with Crippen LogP contribution in [0.1, 0.15) is 35.3 Å². The van der Waals surface area contributed by atoms with E-state index in [9.17, 15) is 13.6 Å². The fourth-order valence-corrected chi connectivity index (χ4v) is 4.34. The number of benzene rings is 2. The molecule has 1 aliphatic heterocycles. The first-order chi connectivity index (χ1) is 14.0. The molecule has 5 rings (SSSR count). The molecule has 1 N–H and O–H groups in total. The standard InChI is InChI=1S/C22H18F2N4O/c1-12-25-22-26-18-9-14(13-5-3-2-4-6-13)10-19(29)20(18)21(28(22)27-12)15-7-16(23)11-17(24)8-15/h2-9,11,14,20-21H,10H2,1H3,(H,25,26,27)/t14-,20+,21-/m0/s1. The van der Waals surface area contributed by atoms with E-state index in [4.69, 9.17) is 0 Å². The molecule has 3 aromatic rings. The Morgan fingerprint density at radius 3 is 2.52 bits per heavy atom. The Morgan fingerprint density at radius 2 is 1.79 bits per heavy atom. The van der Waals surface area contributed by atoms with Gasteiger partial charge in [0, 0.05) is 24.1 Å². The van der Waals surface area contributed by atoms with Crippen LogP contribution in [-0.4, -0.2) is 20.5 Å². The minimum absolute atomic E-state index is 0.00248. The number of ketones is 1. The number of fused-ring (bicyclic) bond motifs is 2. The normalized spacial score (nSPS) is 23.1. The second kappa shape index (κ2) is 6.62. The van der Waals surface area contributed by atoms with E-state index in [0.29, 0.717) is 29.5 Å². The Hall–Kier alpha value is -3.35. The minimum Gasteiger partial charge on any atom is -0.328 e. The van der Waals surface area contributed by atoms with Crippen molar-refractivity contribution in [3.05, 3.63) is 88.9 Å². The van der Waals surface area contributed by atoms with Crippen molar-refractivity contribution in [1.82, 2.24) is 14.8 Å². The van der Waals surface area contributed by atoms with E-state index in [2.05, 4.69) is 15.4 Å². The van der Waals surface area contributed by atoms with E-state index in [0.717, 1.165) is 11.6 Å². The van der Waals surface area contributed by atoms with Crippen molar-refractivity contribution in [2.24, 2.45) is 5.92 Å². The molecule has 0 unspecified atom stereocenters. The molecule has 1 aliphatic carbocycles. The number of nitrogens with one attached hydrogen (secondary N) is 1. The zero-order valence-electron chi connectivity index (χ0n) is 15.6. The van der Waals surface area contributed by atoms with Gasteiger partial charge in [-0.1, -0.05) is 36.4 Å². The first-order valence-electron chi connectivity index (χ1n) is 9.45. The van der Waals surface area contributed by atoms with Crippen LogP contribution in [0, 0.1) is 24.5 Å². The van der Waals surface area contributed by atoms with Crippen LogP contribution in [-0.2, 0) is 4.79 Å². The van der Waals surface area contributed by atoms with Crippen molar-refractivity contribution < 1.29 is 13.6 Å². The summed E-state index contributed by atoms with van der Waals surface area (Å²) in [7, 11) is 0. The quantitative estimate of drug-likeness (QED) is 0.712. The summed E-state index contributed by atoms with van der Waals surface area (Å²) in [5.41, 5.74) is 2.10. The zero-order chi connectivity index (χ0) is 20.1. The number of hydrogen-bond acceptors (Lipinski definition) is 4. The summed E-state index contributed by atoms with van der Waals surface area (Å²) >= 11 is 0. The molecule has 0 saturated heterocycles. The van der Waals surface area contributed by atoms with Gasteiger partial charge >= 0.3 is 0 Å². The first kappa shape index (κ1) is 17.7. The summed E-state index contributed by atoms with van der Waals surface area (Å²) < 4.78 is 29.5. The third-order valence-electron chi connectivity index (χ3n) is 5.51. The van der Waals surface area contributed by atoms with Crippen molar-refractivity contribution in [3.63, 3.8) is 0 Å². The molecule has 0 fully saturated rings. The number of halogens is 2. The van der Waals surface area contributed by atoms with Crippen molar-refractivity contribution in [2.75, 3.05) is 5.32 Å². The average Bonchev–Trinajstić information content (AvgIpc) is 3.05. The van der Waals surface area contributed by atoms with Crippen LogP contribution in [0.25, 0.3) is 0 Å². The van der Waals surface area contributed by atoms with E-state index in [1.807, 2.05) is 36.4 Å². The van der Waals surface area contributed by atoms with E-state index in [1.54, 1.807) is 11.6 Å². The molecule has 0 radical (unpaired) electrons. The molecule has 146 valence electrons. The van der Waals surface area contributed by atoms with Gasteiger partial charge < -0.3 is 5.32 Å². The molecule has 2 aliphatic rings. The van der Waals surface area contributed by atoms with Gasteiger partial charge in [-0.2, -0.15) is 10.1 Å².